The number of hydrogen-bond donors (Lipinski definition) is 2. The molecule has 6 heteroatoms. The molecule has 96 valence electrons. The quantitative estimate of drug-likeness (QED) is 0.901. The van der Waals surface area contributed by atoms with E-state index in [2.05, 4.69) is 56.4 Å². The van der Waals surface area contributed by atoms with Crippen molar-refractivity contribution in [1.82, 2.24) is 9.97 Å². The molecule has 0 saturated heterocycles. The van der Waals surface area contributed by atoms with Crippen molar-refractivity contribution in [1.29, 1.82) is 0 Å². The van der Waals surface area contributed by atoms with Gasteiger partial charge in [-0.15, -0.1) is 11.3 Å². The first-order chi connectivity index (χ1) is 8.60. The molecule has 0 aliphatic heterocycles. The molecule has 0 aliphatic carbocycles. The van der Waals surface area contributed by atoms with Crippen LogP contribution < -0.4 is 10.6 Å². The number of rotatable bonds is 4. The summed E-state index contributed by atoms with van der Waals surface area (Å²) in [6.07, 6.45) is 1.74. The summed E-state index contributed by atoms with van der Waals surface area (Å²) >= 11 is 5.25. The van der Waals surface area contributed by atoms with Crippen LogP contribution in [0.3, 0.4) is 0 Å². The summed E-state index contributed by atoms with van der Waals surface area (Å²) in [6, 6.07) is 2.21. The Kier molecular flexibility index (Phi) is 4.19. The Morgan fingerprint density at radius 2 is 2.17 bits per heavy atom. The fraction of sp³-hybridized carbons (Fsp3) is 0.333. The predicted molar refractivity (Wildman–Crippen MR) is 80.4 cm³/mol. The molecule has 2 aromatic rings. The Balaban J connectivity index is 2.10. The number of halogens is 1. The van der Waals surface area contributed by atoms with Crippen molar-refractivity contribution in [3.8, 4) is 0 Å². The van der Waals surface area contributed by atoms with Crippen LogP contribution in [0, 0.1) is 13.8 Å². The van der Waals surface area contributed by atoms with Crippen molar-refractivity contribution in [3.05, 3.63) is 32.1 Å². The Labute approximate surface area is 119 Å². The van der Waals surface area contributed by atoms with Crippen molar-refractivity contribution in [2.75, 3.05) is 17.7 Å². The van der Waals surface area contributed by atoms with Gasteiger partial charge in [0.15, 0.2) is 0 Å². The highest BCUT2D eigenvalue weighted by molar-refractivity contribution is 9.10. The van der Waals surface area contributed by atoms with E-state index >= 15 is 0 Å². The maximum absolute atomic E-state index is 4.36. The molecule has 0 aromatic carbocycles. The Morgan fingerprint density at radius 1 is 1.39 bits per heavy atom. The third-order valence-corrected chi connectivity index (χ3v) is 4.35. The van der Waals surface area contributed by atoms with E-state index in [0.717, 1.165) is 16.8 Å². The first kappa shape index (κ1) is 13.3. The number of nitrogens with one attached hydrogen (secondary N) is 2. The van der Waals surface area contributed by atoms with Crippen LogP contribution in [0.2, 0.25) is 0 Å². The van der Waals surface area contributed by atoms with Crippen molar-refractivity contribution in [3.63, 3.8) is 0 Å². The highest BCUT2D eigenvalue weighted by Gasteiger charge is 2.06. The summed E-state index contributed by atoms with van der Waals surface area (Å²) in [5, 5.41) is 6.24. The van der Waals surface area contributed by atoms with Crippen LogP contribution >= 0.6 is 27.3 Å². The van der Waals surface area contributed by atoms with Crippen LogP contribution in [0.15, 0.2) is 16.7 Å². The maximum Gasteiger partial charge on any atom is 0.224 e. The molecular weight excluding hydrogens is 312 g/mol. The number of aryl methyl sites for hydroxylation is 2. The van der Waals surface area contributed by atoms with E-state index in [-0.39, 0.29) is 0 Å². The summed E-state index contributed by atoms with van der Waals surface area (Å²) in [5.74, 6) is 1.41. The van der Waals surface area contributed by atoms with Gasteiger partial charge in [-0.1, -0.05) is 0 Å². The lowest BCUT2D eigenvalue weighted by atomic mass is 10.3. The molecule has 4 nitrogen and oxygen atoms in total. The molecule has 18 heavy (non-hydrogen) atoms. The van der Waals surface area contributed by atoms with Gasteiger partial charge in [0, 0.05) is 23.0 Å². The highest BCUT2D eigenvalue weighted by Crippen LogP contribution is 2.24. The van der Waals surface area contributed by atoms with Crippen molar-refractivity contribution in [2.24, 2.45) is 0 Å². The first-order valence-electron chi connectivity index (χ1n) is 5.60. The SMILES string of the molecule is CNc1ncc(Br)c(NCc2cc(C)c(C)s2)n1. The Hall–Kier alpha value is -1.14. The van der Waals surface area contributed by atoms with E-state index in [4.69, 9.17) is 0 Å². The average Bonchev–Trinajstić information content (AvgIpc) is 2.68. The predicted octanol–water partition coefficient (Wildman–Crippen LogP) is 3.57. The molecule has 0 atom stereocenters. The van der Waals surface area contributed by atoms with Crippen LogP contribution in [0.1, 0.15) is 15.3 Å². The van der Waals surface area contributed by atoms with Crippen molar-refractivity contribution in [2.45, 2.75) is 20.4 Å². The molecule has 2 rings (SSSR count). The average molecular weight is 327 g/mol. The molecule has 2 heterocycles. The van der Waals surface area contributed by atoms with Crippen LogP contribution in [0.4, 0.5) is 11.8 Å². The normalized spacial score (nSPS) is 10.4. The minimum atomic E-state index is 0.610. The number of nitrogens with zero attached hydrogens (tertiary/aromatic N) is 2. The molecular formula is C12H15BrN4S. The zero-order valence-corrected chi connectivity index (χ0v) is 12.9. The van der Waals surface area contributed by atoms with Gasteiger partial charge in [0.1, 0.15) is 5.82 Å². The number of anilines is 2. The van der Waals surface area contributed by atoms with Gasteiger partial charge in [0.05, 0.1) is 11.0 Å². The second-order valence-electron chi connectivity index (χ2n) is 3.95. The molecule has 0 saturated carbocycles. The standard InChI is InChI=1S/C12H15BrN4S/c1-7-4-9(18-8(7)2)5-15-11-10(13)6-16-12(14-3)17-11/h4,6H,5H2,1-3H3,(H2,14,15,16,17). The smallest absolute Gasteiger partial charge is 0.224 e. The zero-order chi connectivity index (χ0) is 13.1. The lowest BCUT2D eigenvalue weighted by molar-refractivity contribution is 1.08. The van der Waals surface area contributed by atoms with E-state index in [0.29, 0.717) is 5.95 Å². The summed E-state index contributed by atoms with van der Waals surface area (Å²) in [4.78, 5) is 11.2. The molecule has 0 spiro atoms. The molecule has 2 aromatic heterocycles. The third-order valence-electron chi connectivity index (χ3n) is 2.61. The van der Waals surface area contributed by atoms with Gasteiger partial charge in [-0.2, -0.15) is 4.98 Å². The van der Waals surface area contributed by atoms with Gasteiger partial charge in [-0.05, 0) is 41.4 Å². The lowest BCUT2D eigenvalue weighted by Gasteiger charge is -2.07. The number of thiophene rings is 1. The molecule has 0 fully saturated rings. The van der Waals surface area contributed by atoms with E-state index in [1.54, 1.807) is 13.2 Å². The van der Waals surface area contributed by atoms with Crippen LogP contribution in [0.5, 0.6) is 0 Å². The summed E-state index contributed by atoms with van der Waals surface area (Å²) in [5.41, 5.74) is 1.34. The van der Waals surface area contributed by atoms with Crippen LogP contribution in [0.25, 0.3) is 0 Å². The Morgan fingerprint density at radius 3 is 2.78 bits per heavy atom. The topological polar surface area (TPSA) is 49.8 Å². The van der Waals surface area contributed by atoms with Crippen LogP contribution in [-0.4, -0.2) is 17.0 Å². The molecule has 0 radical (unpaired) electrons. The molecule has 0 aliphatic rings. The number of aromatic nitrogens is 2. The first-order valence-corrected chi connectivity index (χ1v) is 7.21. The minimum Gasteiger partial charge on any atom is -0.364 e. The molecule has 0 unspecified atom stereocenters. The van der Waals surface area contributed by atoms with Gasteiger partial charge in [0.2, 0.25) is 5.95 Å². The van der Waals surface area contributed by atoms with Gasteiger partial charge in [-0.25, -0.2) is 4.98 Å². The lowest BCUT2D eigenvalue weighted by Crippen LogP contribution is -2.04. The summed E-state index contributed by atoms with van der Waals surface area (Å²) in [6.45, 7) is 5.05. The van der Waals surface area contributed by atoms with Gasteiger partial charge in [-0.3, -0.25) is 0 Å². The monoisotopic (exact) mass is 326 g/mol. The van der Waals surface area contributed by atoms with Gasteiger partial charge >= 0.3 is 0 Å². The van der Waals surface area contributed by atoms with E-state index in [9.17, 15) is 0 Å². The molecule has 0 amide bonds. The zero-order valence-electron chi connectivity index (χ0n) is 10.5. The third kappa shape index (κ3) is 3.00. The largest absolute Gasteiger partial charge is 0.364 e. The molecule has 0 bridgehead atoms. The maximum atomic E-state index is 4.36. The Bertz CT molecular complexity index is 534. The fourth-order valence-corrected chi connectivity index (χ4v) is 2.84. The molecule has 2 N–H and O–H groups in total. The van der Waals surface area contributed by atoms with Crippen molar-refractivity contribution >= 4 is 39.0 Å². The summed E-state index contributed by atoms with van der Waals surface area (Å²) in [7, 11) is 1.80. The second-order valence-corrected chi connectivity index (χ2v) is 6.14. The number of hydrogen-bond acceptors (Lipinski definition) is 5. The van der Waals surface area contributed by atoms with Gasteiger partial charge in [0.25, 0.3) is 0 Å². The highest BCUT2D eigenvalue weighted by atomic mass is 79.9. The van der Waals surface area contributed by atoms with Crippen molar-refractivity contribution < 1.29 is 0 Å². The second kappa shape index (κ2) is 5.67. The fourth-order valence-electron chi connectivity index (χ4n) is 1.52. The van der Waals surface area contributed by atoms with E-state index in [1.807, 2.05) is 11.3 Å². The summed E-state index contributed by atoms with van der Waals surface area (Å²) < 4.78 is 0.867. The van der Waals surface area contributed by atoms with E-state index < -0.39 is 0 Å². The minimum absolute atomic E-state index is 0.610. The van der Waals surface area contributed by atoms with Crippen LogP contribution in [-0.2, 0) is 6.54 Å². The van der Waals surface area contributed by atoms with E-state index in [1.165, 1.54) is 15.3 Å². The van der Waals surface area contributed by atoms with Gasteiger partial charge < -0.3 is 10.6 Å².